The Balaban J connectivity index is 1.32. The van der Waals surface area contributed by atoms with E-state index in [4.69, 9.17) is 4.74 Å². The molecule has 0 spiro atoms. The summed E-state index contributed by atoms with van der Waals surface area (Å²) < 4.78 is 5.86. The number of benzene rings is 3. The third-order valence-corrected chi connectivity index (χ3v) is 9.21. The molecule has 1 heterocycles. The van der Waals surface area contributed by atoms with Crippen LogP contribution < -0.4 is 15.4 Å². The lowest BCUT2D eigenvalue weighted by Gasteiger charge is -2.28. The molecule has 0 radical (unpaired) electrons. The van der Waals surface area contributed by atoms with Gasteiger partial charge in [0, 0.05) is 71.0 Å². The van der Waals surface area contributed by atoms with Gasteiger partial charge in [0.05, 0.1) is 0 Å². The summed E-state index contributed by atoms with van der Waals surface area (Å²) in [5.74, 6) is -0.319. The fourth-order valence-electron chi connectivity index (χ4n) is 6.76. The number of esters is 1. The molecule has 258 valence electrons. The van der Waals surface area contributed by atoms with Crippen molar-refractivity contribution in [3.05, 3.63) is 70.8 Å². The maximum atomic E-state index is 13.2. The van der Waals surface area contributed by atoms with E-state index < -0.39 is 5.41 Å². The fraction of sp³-hybridized carbons (Fsp3) is 0.500. The van der Waals surface area contributed by atoms with E-state index in [2.05, 4.69) is 17.6 Å². The molecule has 2 N–H and O–H groups in total. The van der Waals surface area contributed by atoms with Crippen LogP contribution >= 0.6 is 0 Å². The van der Waals surface area contributed by atoms with Crippen LogP contribution in [0.5, 0.6) is 5.75 Å². The van der Waals surface area contributed by atoms with Crippen LogP contribution in [0.3, 0.4) is 0 Å². The number of amides is 3. The molecule has 0 saturated heterocycles. The number of nitrogens with zero attached hydrogens (tertiary/aromatic N) is 1. The normalized spacial score (nSPS) is 12.8. The van der Waals surface area contributed by atoms with Gasteiger partial charge in [0.15, 0.2) is 0 Å². The highest BCUT2D eigenvalue weighted by Crippen LogP contribution is 2.37. The molecule has 0 unspecified atom stereocenters. The lowest BCUT2D eigenvalue weighted by molar-refractivity contribution is -0.134. The molecule has 3 aromatic rings. The molecule has 0 bridgehead atoms. The summed E-state index contributed by atoms with van der Waals surface area (Å²) in [5, 5.41) is 7.88. The third-order valence-electron chi connectivity index (χ3n) is 9.21. The minimum atomic E-state index is -0.571. The number of hydrogen-bond acceptors (Lipinski definition) is 6. The standard InChI is InChI=1S/C40H53N3O5/c1-6-8-10-11-12-13-14-21-35(45)48-33-20-15-17-28(3)37(33)40(4,5)27-34(44)42-25-24-41-32-23-22-31-36-29(32)18-16-19-30(36)38(46)43(39(31)47)26-9-7-2/h15-20,22-23,41H,6-14,21,24-27H2,1-5H3,(H,42,44). The van der Waals surface area contributed by atoms with E-state index >= 15 is 0 Å². The van der Waals surface area contributed by atoms with Crippen molar-refractivity contribution in [2.75, 3.05) is 25.0 Å². The van der Waals surface area contributed by atoms with E-state index in [1.54, 1.807) is 12.1 Å². The van der Waals surface area contributed by atoms with Crippen LogP contribution in [0, 0.1) is 6.92 Å². The van der Waals surface area contributed by atoms with Crippen LogP contribution in [0.15, 0.2) is 48.5 Å². The van der Waals surface area contributed by atoms with E-state index in [9.17, 15) is 19.2 Å². The summed E-state index contributed by atoms with van der Waals surface area (Å²) in [7, 11) is 0. The molecule has 3 amide bonds. The van der Waals surface area contributed by atoms with E-state index in [0.29, 0.717) is 48.3 Å². The Kier molecular flexibility index (Phi) is 13.2. The van der Waals surface area contributed by atoms with Crippen molar-refractivity contribution < 1.29 is 23.9 Å². The lowest BCUT2D eigenvalue weighted by Crippen LogP contribution is -2.40. The van der Waals surface area contributed by atoms with Gasteiger partial charge in [-0.25, -0.2) is 0 Å². The van der Waals surface area contributed by atoms with Crippen LogP contribution in [0.25, 0.3) is 10.8 Å². The molecule has 0 atom stereocenters. The Labute approximate surface area is 286 Å². The molecule has 4 rings (SSSR count). The summed E-state index contributed by atoms with van der Waals surface area (Å²) in [4.78, 5) is 53.6. The summed E-state index contributed by atoms with van der Waals surface area (Å²) in [6.45, 7) is 11.5. The topological polar surface area (TPSA) is 105 Å². The Bertz CT molecular complexity index is 1590. The van der Waals surface area contributed by atoms with Crippen LogP contribution in [0.2, 0.25) is 0 Å². The van der Waals surface area contributed by atoms with E-state index in [-0.39, 0.29) is 30.1 Å². The molecule has 3 aromatic carbocycles. The number of ether oxygens (including phenoxy) is 1. The highest BCUT2D eigenvalue weighted by atomic mass is 16.5. The molecular formula is C40H53N3O5. The summed E-state index contributed by atoms with van der Waals surface area (Å²) in [6, 6.07) is 14.9. The van der Waals surface area contributed by atoms with Gasteiger partial charge in [-0.05, 0) is 49.6 Å². The first-order valence-electron chi connectivity index (χ1n) is 17.8. The molecule has 0 aliphatic carbocycles. The number of anilines is 1. The van der Waals surface area contributed by atoms with E-state index in [0.717, 1.165) is 54.3 Å². The van der Waals surface area contributed by atoms with Gasteiger partial charge in [-0.15, -0.1) is 0 Å². The third kappa shape index (κ3) is 9.03. The van der Waals surface area contributed by atoms with Crippen molar-refractivity contribution in [2.24, 2.45) is 0 Å². The molecular weight excluding hydrogens is 602 g/mol. The second-order valence-corrected chi connectivity index (χ2v) is 13.6. The summed E-state index contributed by atoms with van der Waals surface area (Å²) >= 11 is 0. The van der Waals surface area contributed by atoms with Crippen molar-refractivity contribution in [1.82, 2.24) is 10.2 Å². The predicted octanol–water partition coefficient (Wildman–Crippen LogP) is 8.49. The molecule has 1 aliphatic rings. The van der Waals surface area contributed by atoms with Crippen molar-refractivity contribution in [3.63, 3.8) is 0 Å². The highest BCUT2D eigenvalue weighted by Gasteiger charge is 2.33. The monoisotopic (exact) mass is 655 g/mol. The van der Waals surface area contributed by atoms with Gasteiger partial charge in [-0.2, -0.15) is 0 Å². The minimum absolute atomic E-state index is 0.106. The fourth-order valence-corrected chi connectivity index (χ4v) is 6.76. The van der Waals surface area contributed by atoms with E-state index in [1.165, 1.54) is 30.6 Å². The molecule has 0 aromatic heterocycles. The molecule has 8 nitrogen and oxygen atoms in total. The molecule has 0 fully saturated rings. The van der Waals surface area contributed by atoms with Crippen LogP contribution in [-0.2, 0) is 15.0 Å². The minimum Gasteiger partial charge on any atom is -0.426 e. The number of unbranched alkanes of at least 4 members (excludes halogenated alkanes) is 7. The number of imide groups is 1. The van der Waals surface area contributed by atoms with E-state index in [1.807, 2.05) is 64.1 Å². The van der Waals surface area contributed by atoms with Gasteiger partial charge in [-0.1, -0.05) is 96.9 Å². The van der Waals surface area contributed by atoms with Gasteiger partial charge >= 0.3 is 5.97 Å². The van der Waals surface area contributed by atoms with Gasteiger partial charge in [0.25, 0.3) is 11.8 Å². The van der Waals surface area contributed by atoms with Crippen LogP contribution in [-0.4, -0.2) is 48.2 Å². The van der Waals surface area contributed by atoms with Gasteiger partial charge < -0.3 is 15.4 Å². The Morgan fingerprint density at radius 1 is 0.792 bits per heavy atom. The zero-order valence-electron chi connectivity index (χ0n) is 29.5. The Morgan fingerprint density at radius 3 is 2.19 bits per heavy atom. The largest absolute Gasteiger partial charge is 0.426 e. The van der Waals surface area contributed by atoms with Gasteiger partial charge in [0.1, 0.15) is 5.75 Å². The molecule has 0 saturated carbocycles. The van der Waals surface area contributed by atoms with Crippen molar-refractivity contribution in [2.45, 2.75) is 111 Å². The number of carbonyl (C=O) groups excluding carboxylic acids is 4. The first kappa shape index (κ1) is 36.6. The second kappa shape index (κ2) is 17.3. The number of aryl methyl sites for hydroxylation is 1. The first-order valence-corrected chi connectivity index (χ1v) is 17.8. The van der Waals surface area contributed by atoms with Gasteiger partial charge in [0.2, 0.25) is 5.91 Å². The lowest BCUT2D eigenvalue weighted by atomic mass is 9.78. The maximum Gasteiger partial charge on any atom is 0.311 e. The number of nitrogens with one attached hydrogen (secondary N) is 2. The quantitative estimate of drug-likeness (QED) is 0.0581. The van der Waals surface area contributed by atoms with Crippen molar-refractivity contribution in [3.8, 4) is 5.75 Å². The summed E-state index contributed by atoms with van der Waals surface area (Å²) in [5.41, 5.74) is 3.15. The SMILES string of the molecule is CCCCCCCCCC(=O)Oc1cccc(C)c1C(C)(C)CC(=O)NCCNc1ccc2c3c(cccc13)C(=O)N(CCCC)C2=O. The zero-order valence-corrected chi connectivity index (χ0v) is 29.5. The number of hydrogen-bond donors (Lipinski definition) is 2. The first-order chi connectivity index (χ1) is 23.1. The molecule has 8 heteroatoms. The Morgan fingerprint density at radius 2 is 1.46 bits per heavy atom. The van der Waals surface area contributed by atoms with Crippen molar-refractivity contribution in [1.29, 1.82) is 0 Å². The predicted molar refractivity (Wildman–Crippen MR) is 193 cm³/mol. The maximum absolute atomic E-state index is 13.2. The molecule has 1 aliphatic heterocycles. The van der Waals surface area contributed by atoms with Crippen LogP contribution in [0.1, 0.15) is 130 Å². The average molecular weight is 656 g/mol. The smallest absolute Gasteiger partial charge is 0.311 e. The summed E-state index contributed by atoms with van der Waals surface area (Å²) in [6.07, 6.45) is 10.2. The second-order valence-electron chi connectivity index (χ2n) is 13.6. The van der Waals surface area contributed by atoms with Gasteiger partial charge in [-0.3, -0.25) is 24.1 Å². The average Bonchev–Trinajstić information content (AvgIpc) is 3.05. The van der Waals surface area contributed by atoms with Crippen molar-refractivity contribution >= 4 is 40.2 Å². The number of rotatable bonds is 19. The number of carbonyl (C=O) groups is 4. The highest BCUT2D eigenvalue weighted by molar-refractivity contribution is 6.26. The molecule has 48 heavy (non-hydrogen) atoms. The van der Waals surface area contributed by atoms with Crippen LogP contribution in [0.4, 0.5) is 5.69 Å². The Hall–Kier alpha value is -4.20. The zero-order chi connectivity index (χ0) is 34.7.